The average Bonchev–Trinajstić information content (AvgIpc) is 3.01. The Bertz CT molecular complexity index is 1490. The maximum Gasteiger partial charge on any atom is 0.234 e. The van der Waals surface area contributed by atoms with Gasteiger partial charge in [0.2, 0.25) is 11.8 Å². The molecule has 0 spiro atoms. The van der Waals surface area contributed by atoms with E-state index >= 15 is 0 Å². The summed E-state index contributed by atoms with van der Waals surface area (Å²) in [6, 6.07) is 27.0. The second-order valence-corrected chi connectivity index (χ2v) is 11.3. The van der Waals surface area contributed by atoms with Crippen molar-refractivity contribution < 1.29 is 9.13 Å². The Morgan fingerprint density at radius 2 is 1.63 bits per heavy atom. The first kappa shape index (κ1) is 27.1. The molecule has 1 aliphatic heterocycles. The van der Waals surface area contributed by atoms with Crippen LogP contribution in [0.5, 0.6) is 11.6 Å². The second kappa shape index (κ2) is 12.2. The van der Waals surface area contributed by atoms with E-state index in [-0.39, 0.29) is 11.2 Å². The number of anilines is 2. The number of benzene rings is 3. The first-order valence-electron chi connectivity index (χ1n) is 14.3. The summed E-state index contributed by atoms with van der Waals surface area (Å²) in [5.41, 5.74) is 3.73. The lowest BCUT2D eigenvalue weighted by Gasteiger charge is -2.38. The van der Waals surface area contributed by atoms with Gasteiger partial charge in [-0.05, 0) is 72.4 Å². The number of hydrogen-bond acceptors (Lipinski definition) is 5. The Hall–Kier alpha value is -4.04. The molecule has 6 nitrogen and oxygen atoms in total. The molecule has 2 N–H and O–H groups in total. The molecule has 1 fully saturated rings. The van der Waals surface area contributed by atoms with Crippen molar-refractivity contribution in [2.24, 2.45) is 0 Å². The molecule has 1 aromatic heterocycles. The summed E-state index contributed by atoms with van der Waals surface area (Å²) >= 11 is 5.73. The van der Waals surface area contributed by atoms with E-state index in [0.717, 1.165) is 56.6 Å². The van der Waals surface area contributed by atoms with Gasteiger partial charge in [-0.1, -0.05) is 73.9 Å². The maximum absolute atomic E-state index is 13.7. The molecule has 6 rings (SSSR count). The molecule has 0 saturated heterocycles. The molecule has 2 aliphatic rings. The third kappa shape index (κ3) is 6.49. The van der Waals surface area contributed by atoms with Gasteiger partial charge in [-0.2, -0.15) is 9.97 Å². The number of hydrogen-bond donors (Lipinski definition) is 2. The summed E-state index contributed by atoms with van der Waals surface area (Å²) in [6.45, 7) is 2.27. The quantitative estimate of drug-likeness (QED) is 0.230. The SMILES string of the molecule is Fc1ccc(C2(CNC(=S)Nc3nc(Oc4ccccc4)cc(N4CCc5ccccc5C4)n3)CCCCC2)cc1. The molecular formula is C33H34FN5OS. The number of fused-ring (bicyclic) bond motifs is 1. The van der Waals surface area contributed by atoms with Crippen LogP contribution in [0.3, 0.4) is 0 Å². The van der Waals surface area contributed by atoms with E-state index in [1.165, 1.54) is 17.5 Å². The topological polar surface area (TPSA) is 62.3 Å². The van der Waals surface area contributed by atoms with Gasteiger partial charge in [-0.3, -0.25) is 0 Å². The zero-order chi connectivity index (χ0) is 28.1. The van der Waals surface area contributed by atoms with Crippen LogP contribution in [0.15, 0.2) is 84.9 Å². The Kier molecular flexibility index (Phi) is 8.09. The summed E-state index contributed by atoms with van der Waals surface area (Å²) in [5, 5.41) is 7.09. The van der Waals surface area contributed by atoms with E-state index < -0.39 is 0 Å². The molecule has 1 saturated carbocycles. The summed E-state index contributed by atoms with van der Waals surface area (Å²) in [5.74, 6) is 2.09. The molecule has 210 valence electrons. The summed E-state index contributed by atoms with van der Waals surface area (Å²) in [7, 11) is 0. The normalized spacial score (nSPS) is 16.0. The number of aromatic nitrogens is 2. The van der Waals surface area contributed by atoms with Crippen molar-refractivity contribution in [3.63, 3.8) is 0 Å². The van der Waals surface area contributed by atoms with Crippen molar-refractivity contribution in [2.45, 2.75) is 50.5 Å². The fraction of sp³-hybridized carbons (Fsp3) is 0.303. The van der Waals surface area contributed by atoms with Gasteiger partial charge < -0.3 is 20.3 Å². The molecule has 8 heteroatoms. The predicted octanol–water partition coefficient (Wildman–Crippen LogP) is 7.16. The first-order valence-corrected chi connectivity index (χ1v) is 14.7. The fourth-order valence-corrected chi connectivity index (χ4v) is 6.14. The Labute approximate surface area is 246 Å². The van der Waals surface area contributed by atoms with Crippen LogP contribution < -0.4 is 20.3 Å². The lowest BCUT2D eigenvalue weighted by molar-refractivity contribution is 0.292. The first-order chi connectivity index (χ1) is 20.1. The number of halogens is 1. The number of nitrogens with one attached hydrogen (secondary N) is 2. The molecule has 41 heavy (non-hydrogen) atoms. The molecule has 0 bridgehead atoms. The van der Waals surface area contributed by atoms with E-state index in [2.05, 4.69) is 44.8 Å². The maximum atomic E-state index is 13.7. The monoisotopic (exact) mass is 567 g/mol. The van der Waals surface area contributed by atoms with Crippen LogP contribution >= 0.6 is 12.2 Å². The van der Waals surface area contributed by atoms with E-state index in [1.807, 2.05) is 48.5 Å². The van der Waals surface area contributed by atoms with Gasteiger partial charge in [-0.25, -0.2) is 4.39 Å². The van der Waals surface area contributed by atoms with Gasteiger partial charge in [0.05, 0.1) is 0 Å². The van der Waals surface area contributed by atoms with E-state index in [1.54, 1.807) is 12.1 Å². The molecule has 0 amide bonds. The summed E-state index contributed by atoms with van der Waals surface area (Å²) in [4.78, 5) is 11.7. The average molecular weight is 568 g/mol. The van der Waals surface area contributed by atoms with Gasteiger partial charge in [0.1, 0.15) is 17.4 Å². The molecule has 3 aromatic carbocycles. The molecule has 0 radical (unpaired) electrons. The van der Waals surface area contributed by atoms with Crippen LogP contribution in [0.25, 0.3) is 0 Å². The molecule has 1 aliphatic carbocycles. The third-order valence-electron chi connectivity index (χ3n) is 8.19. The number of rotatable bonds is 7. The van der Waals surface area contributed by atoms with Gasteiger partial charge in [-0.15, -0.1) is 0 Å². The molecule has 0 atom stereocenters. The van der Waals surface area contributed by atoms with Crippen LogP contribution in [0.4, 0.5) is 16.2 Å². The summed E-state index contributed by atoms with van der Waals surface area (Å²) in [6.07, 6.45) is 6.52. The standard InChI is InChI=1S/C33H34FN5OS/c34-27-15-13-26(14-16-27)33(18-7-2-8-19-33)23-35-32(41)38-31-36-29(21-30(37-31)40-28-11-3-1-4-12-28)39-20-17-24-9-5-6-10-25(24)22-39/h1,3-6,9-16,21H,2,7-8,17-20,22-23H2,(H2,35,36,37,38,41). The van der Waals surface area contributed by atoms with Crippen LogP contribution in [-0.2, 0) is 18.4 Å². The highest BCUT2D eigenvalue weighted by atomic mass is 32.1. The van der Waals surface area contributed by atoms with E-state index in [4.69, 9.17) is 21.9 Å². The predicted molar refractivity (Wildman–Crippen MR) is 165 cm³/mol. The molecule has 2 heterocycles. The largest absolute Gasteiger partial charge is 0.439 e. The van der Waals surface area contributed by atoms with Gasteiger partial charge in [0, 0.05) is 31.1 Å². The van der Waals surface area contributed by atoms with Crippen molar-refractivity contribution >= 4 is 29.1 Å². The van der Waals surface area contributed by atoms with Crippen LogP contribution in [0, 0.1) is 5.82 Å². The van der Waals surface area contributed by atoms with Crippen molar-refractivity contribution in [1.82, 2.24) is 15.3 Å². The Morgan fingerprint density at radius 1 is 0.902 bits per heavy atom. The number of thiocarbonyl (C=S) groups is 1. The number of para-hydroxylation sites is 1. The van der Waals surface area contributed by atoms with Gasteiger partial charge >= 0.3 is 0 Å². The van der Waals surface area contributed by atoms with Crippen LogP contribution in [0.1, 0.15) is 48.8 Å². The highest BCUT2D eigenvalue weighted by Gasteiger charge is 2.34. The van der Waals surface area contributed by atoms with Crippen molar-refractivity contribution in [2.75, 3.05) is 23.3 Å². The van der Waals surface area contributed by atoms with Gasteiger partial charge in [0.15, 0.2) is 5.11 Å². The second-order valence-electron chi connectivity index (χ2n) is 10.9. The molecular weight excluding hydrogens is 533 g/mol. The van der Waals surface area contributed by atoms with Gasteiger partial charge in [0.25, 0.3) is 0 Å². The van der Waals surface area contributed by atoms with Crippen LogP contribution in [-0.4, -0.2) is 28.2 Å². The Balaban J connectivity index is 1.21. The lowest BCUT2D eigenvalue weighted by Crippen LogP contribution is -2.43. The van der Waals surface area contributed by atoms with Crippen LogP contribution in [0.2, 0.25) is 0 Å². The zero-order valence-electron chi connectivity index (χ0n) is 23.0. The fourth-order valence-electron chi connectivity index (χ4n) is 5.98. The minimum Gasteiger partial charge on any atom is -0.439 e. The van der Waals surface area contributed by atoms with E-state index in [9.17, 15) is 4.39 Å². The highest BCUT2D eigenvalue weighted by molar-refractivity contribution is 7.80. The minimum atomic E-state index is -0.215. The Morgan fingerprint density at radius 3 is 2.41 bits per heavy atom. The number of nitrogens with zero attached hydrogens (tertiary/aromatic N) is 3. The molecule has 4 aromatic rings. The van der Waals surface area contributed by atoms with Crippen molar-refractivity contribution in [3.8, 4) is 11.6 Å². The smallest absolute Gasteiger partial charge is 0.234 e. The zero-order valence-corrected chi connectivity index (χ0v) is 23.8. The van der Waals surface area contributed by atoms with Crippen molar-refractivity contribution in [1.29, 1.82) is 0 Å². The number of ether oxygens (including phenoxy) is 1. The summed E-state index contributed by atoms with van der Waals surface area (Å²) < 4.78 is 19.8. The minimum absolute atomic E-state index is 0.0941. The van der Waals surface area contributed by atoms with Crippen molar-refractivity contribution in [3.05, 3.63) is 107 Å². The van der Waals surface area contributed by atoms with E-state index in [0.29, 0.717) is 29.2 Å². The molecule has 0 unspecified atom stereocenters. The highest BCUT2D eigenvalue weighted by Crippen LogP contribution is 2.39. The lowest BCUT2D eigenvalue weighted by atomic mass is 9.69. The third-order valence-corrected chi connectivity index (χ3v) is 8.44.